The maximum absolute atomic E-state index is 13.8. The van der Waals surface area contributed by atoms with Gasteiger partial charge >= 0.3 is 0 Å². The van der Waals surface area contributed by atoms with E-state index in [0.717, 1.165) is 10.6 Å². The maximum Gasteiger partial charge on any atom is 0.234 e. The van der Waals surface area contributed by atoms with Crippen LogP contribution in [0, 0.1) is 5.82 Å². The zero-order valence-electron chi connectivity index (χ0n) is 12.5. The average Bonchev–Trinajstić information content (AvgIpc) is 3.13. The van der Waals surface area contributed by atoms with Crippen LogP contribution in [0.4, 0.5) is 4.39 Å². The number of nitrogens with zero attached hydrogens (tertiary/aromatic N) is 4. The number of benzene rings is 2. The Balaban J connectivity index is 1.61. The number of rotatable bonds is 4. The minimum atomic E-state index is -0.245. The SMILES string of the molecule is Fc1ccccc1Cc1nnc2sc(Cc3ccc(Cl)cc3)nn12. The Labute approximate surface area is 146 Å². The summed E-state index contributed by atoms with van der Waals surface area (Å²) >= 11 is 7.39. The molecular formula is C17H12ClFN4S. The summed E-state index contributed by atoms with van der Waals surface area (Å²) in [7, 11) is 0. The van der Waals surface area contributed by atoms with Crippen LogP contribution in [0.25, 0.3) is 4.96 Å². The predicted octanol–water partition coefficient (Wildman–Crippen LogP) is 4.16. The molecule has 0 aliphatic carbocycles. The summed E-state index contributed by atoms with van der Waals surface area (Å²) in [5.74, 6) is 0.388. The van der Waals surface area contributed by atoms with E-state index in [1.165, 1.54) is 17.4 Å². The average molecular weight is 359 g/mol. The van der Waals surface area contributed by atoms with E-state index in [9.17, 15) is 4.39 Å². The fraction of sp³-hybridized carbons (Fsp3) is 0.118. The van der Waals surface area contributed by atoms with Crippen molar-refractivity contribution in [2.24, 2.45) is 0 Å². The van der Waals surface area contributed by atoms with Crippen LogP contribution in [0.1, 0.15) is 22.0 Å². The third kappa shape index (κ3) is 3.02. The van der Waals surface area contributed by atoms with Crippen LogP contribution in [0.15, 0.2) is 48.5 Å². The summed E-state index contributed by atoms with van der Waals surface area (Å²) < 4.78 is 15.5. The second-order valence-electron chi connectivity index (χ2n) is 5.38. The van der Waals surface area contributed by atoms with Gasteiger partial charge in [0.1, 0.15) is 10.8 Å². The van der Waals surface area contributed by atoms with Gasteiger partial charge in [-0.05, 0) is 29.3 Å². The number of fused-ring (bicyclic) bond motifs is 1. The number of halogens is 2. The highest BCUT2D eigenvalue weighted by molar-refractivity contribution is 7.16. The molecule has 0 atom stereocenters. The molecule has 0 fully saturated rings. The van der Waals surface area contributed by atoms with Crippen molar-refractivity contribution in [1.82, 2.24) is 19.8 Å². The van der Waals surface area contributed by atoms with Gasteiger partial charge in [0.05, 0.1) is 0 Å². The van der Waals surface area contributed by atoms with Crippen molar-refractivity contribution in [2.75, 3.05) is 0 Å². The standard InChI is InChI=1S/C17H12ClFN4S/c18-13-7-5-11(6-8-13)9-16-22-23-15(20-21-17(23)24-16)10-12-3-1-2-4-14(12)19/h1-8H,9-10H2. The van der Waals surface area contributed by atoms with Crippen LogP contribution in [0.2, 0.25) is 5.02 Å². The van der Waals surface area contributed by atoms with Crippen LogP contribution >= 0.6 is 22.9 Å². The minimum Gasteiger partial charge on any atom is -0.207 e. The van der Waals surface area contributed by atoms with Crippen molar-refractivity contribution in [3.8, 4) is 0 Å². The first-order valence-electron chi connectivity index (χ1n) is 7.37. The minimum absolute atomic E-state index is 0.245. The van der Waals surface area contributed by atoms with E-state index >= 15 is 0 Å². The normalized spacial score (nSPS) is 11.2. The smallest absolute Gasteiger partial charge is 0.207 e. The molecule has 0 bridgehead atoms. The van der Waals surface area contributed by atoms with E-state index in [4.69, 9.17) is 11.6 Å². The van der Waals surface area contributed by atoms with Gasteiger partial charge in [0.25, 0.3) is 0 Å². The van der Waals surface area contributed by atoms with Crippen molar-refractivity contribution >= 4 is 27.9 Å². The Hall–Kier alpha value is -2.31. The van der Waals surface area contributed by atoms with Gasteiger partial charge in [0.2, 0.25) is 4.96 Å². The molecule has 2 aromatic carbocycles. The molecule has 2 heterocycles. The second-order valence-corrected chi connectivity index (χ2v) is 6.85. The molecule has 0 aliphatic heterocycles. The van der Waals surface area contributed by atoms with Gasteiger partial charge in [-0.3, -0.25) is 0 Å². The quantitative estimate of drug-likeness (QED) is 0.550. The summed E-state index contributed by atoms with van der Waals surface area (Å²) in [5, 5.41) is 14.5. The van der Waals surface area contributed by atoms with E-state index < -0.39 is 0 Å². The molecule has 0 radical (unpaired) electrons. The predicted molar refractivity (Wildman–Crippen MR) is 92.1 cm³/mol. The van der Waals surface area contributed by atoms with E-state index in [1.54, 1.807) is 16.6 Å². The molecule has 4 rings (SSSR count). The molecule has 0 N–H and O–H groups in total. The second kappa shape index (κ2) is 6.30. The van der Waals surface area contributed by atoms with Crippen molar-refractivity contribution in [2.45, 2.75) is 12.8 Å². The summed E-state index contributed by atoms with van der Waals surface area (Å²) in [6, 6.07) is 14.4. The summed E-state index contributed by atoms with van der Waals surface area (Å²) in [6.07, 6.45) is 1.06. The summed E-state index contributed by atoms with van der Waals surface area (Å²) in [4.78, 5) is 0.713. The molecule has 0 spiro atoms. The fourth-order valence-electron chi connectivity index (χ4n) is 2.47. The molecule has 0 saturated carbocycles. The molecular weight excluding hydrogens is 347 g/mol. The van der Waals surface area contributed by atoms with Crippen molar-refractivity contribution < 1.29 is 4.39 Å². The Morgan fingerprint density at radius 2 is 1.79 bits per heavy atom. The van der Waals surface area contributed by atoms with Crippen LogP contribution < -0.4 is 0 Å². The third-order valence-corrected chi connectivity index (χ3v) is 4.82. The third-order valence-electron chi connectivity index (χ3n) is 3.67. The molecule has 0 amide bonds. The highest BCUT2D eigenvalue weighted by Gasteiger charge is 2.14. The van der Waals surface area contributed by atoms with Gasteiger partial charge in [0, 0.05) is 17.9 Å². The zero-order chi connectivity index (χ0) is 16.5. The summed E-state index contributed by atoms with van der Waals surface area (Å²) in [5.41, 5.74) is 1.71. The number of aromatic nitrogens is 4. The van der Waals surface area contributed by atoms with E-state index in [2.05, 4.69) is 15.3 Å². The largest absolute Gasteiger partial charge is 0.234 e. The van der Waals surface area contributed by atoms with Crippen molar-refractivity contribution in [1.29, 1.82) is 0 Å². The maximum atomic E-state index is 13.8. The van der Waals surface area contributed by atoms with Gasteiger partial charge < -0.3 is 0 Å². The van der Waals surface area contributed by atoms with Crippen molar-refractivity contribution in [3.63, 3.8) is 0 Å². The molecule has 4 nitrogen and oxygen atoms in total. The monoisotopic (exact) mass is 358 g/mol. The van der Waals surface area contributed by atoms with Crippen molar-refractivity contribution in [3.05, 3.63) is 81.3 Å². The van der Waals surface area contributed by atoms with Gasteiger partial charge in [0.15, 0.2) is 5.82 Å². The number of hydrogen-bond donors (Lipinski definition) is 0. The first-order chi connectivity index (χ1) is 11.7. The molecule has 7 heteroatoms. The molecule has 0 unspecified atom stereocenters. The number of hydrogen-bond acceptors (Lipinski definition) is 4. The van der Waals surface area contributed by atoms with Gasteiger partial charge in [-0.1, -0.05) is 53.3 Å². The Bertz CT molecular complexity index is 993. The lowest BCUT2D eigenvalue weighted by Crippen LogP contribution is -2.00. The Morgan fingerprint density at radius 3 is 2.58 bits per heavy atom. The lowest BCUT2D eigenvalue weighted by molar-refractivity contribution is 0.611. The van der Waals surface area contributed by atoms with Crippen LogP contribution in [0.3, 0.4) is 0 Å². The lowest BCUT2D eigenvalue weighted by atomic mass is 10.1. The molecule has 2 aromatic heterocycles. The highest BCUT2D eigenvalue weighted by atomic mass is 35.5. The van der Waals surface area contributed by atoms with Gasteiger partial charge in [-0.15, -0.1) is 10.2 Å². The topological polar surface area (TPSA) is 43.1 Å². The lowest BCUT2D eigenvalue weighted by Gasteiger charge is -2.00. The van der Waals surface area contributed by atoms with Gasteiger partial charge in [-0.2, -0.15) is 9.61 Å². The molecule has 24 heavy (non-hydrogen) atoms. The first kappa shape index (κ1) is 15.2. The van der Waals surface area contributed by atoms with E-state index in [-0.39, 0.29) is 5.82 Å². The van der Waals surface area contributed by atoms with Crippen LogP contribution in [0.5, 0.6) is 0 Å². The molecule has 0 aliphatic rings. The summed E-state index contributed by atoms with van der Waals surface area (Å²) in [6.45, 7) is 0. The Morgan fingerprint density at radius 1 is 1.00 bits per heavy atom. The fourth-order valence-corrected chi connectivity index (χ4v) is 3.48. The van der Waals surface area contributed by atoms with Crippen LogP contribution in [-0.4, -0.2) is 19.8 Å². The van der Waals surface area contributed by atoms with Crippen LogP contribution in [-0.2, 0) is 12.8 Å². The Kier molecular flexibility index (Phi) is 4.00. The van der Waals surface area contributed by atoms with E-state index in [0.29, 0.717) is 34.2 Å². The molecule has 4 aromatic rings. The highest BCUT2D eigenvalue weighted by Crippen LogP contribution is 2.20. The van der Waals surface area contributed by atoms with E-state index in [1.807, 2.05) is 30.3 Å². The molecule has 120 valence electrons. The molecule has 0 saturated heterocycles. The van der Waals surface area contributed by atoms with Gasteiger partial charge in [-0.25, -0.2) is 4.39 Å². The zero-order valence-corrected chi connectivity index (χ0v) is 14.1. The first-order valence-corrected chi connectivity index (χ1v) is 8.56.